The molecule has 1 aliphatic carbocycles. The normalized spacial score (nSPS) is 24.4. The van der Waals surface area contributed by atoms with E-state index in [4.69, 9.17) is 0 Å². The Kier molecular flexibility index (Phi) is 2.54. The van der Waals surface area contributed by atoms with Gasteiger partial charge in [0, 0.05) is 12.2 Å². The Balaban J connectivity index is 2.07. The average Bonchev–Trinajstić information content (AvgIpc) is 2.82. The van der Waals surface area contributed by atoms with Crippen LogP contribution in [-0.4, -0.2) is 16.9 Å². The molecule has 0 saturated heterocycles. The largest absolute Gasteiger partial charge is 0.349 e. The predicted molar refractivity (Wildman–Crippen MR) is 57.0 cm³/mol. The van der Waals surface area contributed by atoms with Gasteiger partial charge in [0.05, 0.1) is 5.56 Å². The van der Waals surface area contributed by atoms with Crippen LogP contribution in [0.3, 0.4) is 0 Å². The van der Waals surface area contributed by atoms with Crippen molar-refractivity contribution in [2.75, 3.05) is 0 Å². The smallest absolute Gasteiger partial charge is 0.254 e. The highest BCUT2D eigenvalue weighted by Gasteiger charge is 2.34. The Labute approximate surface area is 91.0 Å². The summed E-state index contributed by atoms with van der Waals surface area (Å²) >= 11 is 3.25. The van der Waals surface area contributed by atoms with Crippen LogP contribution in [0.4, 0.5) is 0 Å². The van der Waals surface area contributed by atoms with E-state index in [2.05, 4.69) is 33.2 Å². The molecular weight excluding hydrogens is 244 g/mol. The number of nitrogens with one attached hydrogen (secondary N) is 1. The molecule has 0 spiro atoms. The molecule has 1 N–H and O–H groups in total. The zero-order chi connectivity index (χ0) is 10.1. The minimum atomic E-state index is -0.0423. The van der Waals surface area contributed by atoms with Crippen molar-refractivity contribution in [1.82, 2.24) is 10.3 Å². The monoisotopic (exact) mass is 254 g/mol. The van der Waals surface area contributed by atoms with E-state index >= 15 is 0 Å². The zero-order valence-electron chi connectivity index (χ0n) is 7.83. The van der Waals surface area contributed by atoms with E-state index in [0.717, 1.165) is 6.42 Å². The molecule has 1 saturated carbocycles. The number of nitrogens with zero attached hydrogens (tertiary/aromatic N) is 1. The second-order valence-electron chi connectivity index (χ2n) is 3.63. The average molecular weight is 255 g/mol. The third kappa shape index (κ3) is 1.95. The quantitative estimate of drug-likeness (QED) is 0.821. The summed E-state index contributed by atoms with van der Waals surface area (Å²) in [4.78, 5) is 15.7. The summed E-state index contributed by atoms with van der Waals surface area (Å²) in [6.07, 6.45) is 2.74. The lowest BCUT2D eigenvalue weighted by atomic mass is 10.2. The molecule has 0 aliphatic heterocycles. The van der Waals surface area contributed by atoms with Gasteiger partial charge in [0.25, 0.3) is 5.91 Å². The van der Waals surface area contributed by atoms with Crippen molar-refractivity contribution < 1.29 is 4.79 Å². The minimum Gasteiger partial charge on any atom is -0.349 e. The van der Waals surface area contributed by atoms with E-state index < -0.39 is 0 Å². The van der Waals surface area contributed by atoms with E-state index in [1.165, 1.54) is 0 Å². The van der Waals surface area contributed by atoms with E-state index in [0.29, 0.717) is 22.1 Å². The van der Waals surface area contributed by atoms with Crippen LogP contribution in [0.25, 0.3) is 0 Å². The fourth-order valence-corrected chi connectivity index (χ4v) is 1.76. The molecule has 3 nitrogen and oxygen atoms in total. The highest BCUT2D eigenvalue weighted by atomic mass is 79.9. The topological polar surface area (TPSA) is 42.0 Å². The van der Waals surface area contributed by atoms with Crippen LogP contribution < -0.4 is 5.32 Å². The SMILES string of the molecule is CC1CC1NC(=O)c1cccnc1Br. The standard InChI is InChI=1S/C10H11BrN2O/c1-6-5-8(6)13-10(14)7-3-2-4-12-9(7)11/h2-4,6,8H,5H2,1H3,(H,13,14). The molecule has 0 bridgehead atoms. The first-order chi connectivity index (χ1) is 6.68. The van der Waals surface area contributed by atoms with Crippen LogP contribution in [0.5, 0.6) is 0 Å². The maximum atomic E-state index is 11.7. The number of hydrogen-bond donors (Lipinski definition) is 1. The van der Waals surface area contributed by atoms with Crippen molar-refractivity contribution in [3.63, 3.8) is 0 Å². The Morgan fingerprint density at radius 3 is 3.00 bits per heavy atom. The lowest BCUT2D eigenvalue weighted by Crippen LogP contribution is -2.26. The molecule has 1 aliphatic rings. The number of pyridine rings is 1. The number of carbonyl (C=O) groups is 1. The fourth-order valence-electron chi connectivity index (χ4n) is 1.32. The van der Waals surface area contributed by atoms with Crippen molar-refractivity contribution >= 4 is 21.8 Å². The van der Waals surface area contributed by atoms with Gasteiger partial charge in [0.15, 0.2) is 0 Å². The Morgan fingerprint density at radius 2 is 2.43 bits per heavy atom. The molecule has 2 rings (SSSR count). The van der Waals surface area contributed by atoms with Gasteiger partial charge in [-0.15, -0.1) is 0 Å². The highest BCUT2D eigenvalue weighted by molar-refractivity contribution is 9.10. The van der Waals surface area contributed by atoms with Gasteiger partial charge in [-0.05, 0) is 40.4 Å². The summed E-state index contributed by atoms with van der Waals surface area (Å²) in [6.45, 7) is 2.13. The molecular formula is C10H11BrN2O. The number of halogens is 1. The second-order valence-corrected chi connectivity index (χ2v) is 4.39. The molecule has 14 heavy (non-hydrogen) atoms. The Bertz CT molecular complexity index is 367. The fraction of sp³-hybridized carbons (Fsp3) is 0.400. The maximum absolute atomic E-state index is 11.7. The van der Waals surface area contributed by atoms with Crippen molar-refractivity contribution in [2.45, 2.75) is 19.4 Å². The van der Waals surface area contributed by atoms with Gasteiger partial charge in [0.1, 0.15) is 4.60 Å². The molecule has 74 valence electrons. The Morgan fingerprint density at radius 1 is 1.71 bits per heavy atom. The lowest BCUT2D eigenvalue weighted by molar-refractivity contribution is 0.0948. The van der Waals surface area contributed by atoms with Crippen LogP contribution in [0.15, 0.2) is 22.9 Å². The number of hydrogen-bond acceptors (Lipinski definition) is 2. The van der Waals surface area contributed by atoms with Gasteiger partial charge in [-0.1, -0.05) is 6.92 Å². The first-order valence-electron chi connectivity index (χ1n) is 4.60. The van der Waals surface area contributed by atoms with Crippen molar-refractivity contribution in [3.05, 3.63) is 28.5 Å². The molecule has 1 heterocycles. The Hall–Kier alpha value is -0.900. The summed E-state index contributed by atoms with van der Waals surface area (Å²) < 4.78 is 0.603. The second kappa shape index (κ2) is 3.69. The van der Waals surface area contributed by atoms with Gasteiger partial charge < -0.3 is 5.32 Å². The third-order valence-electron chi connectivity index (χ3n) is 2.43. The molecule has 1 amide bonds. The summed E-state index contributed by atoms with van der Waals surface area (Å²) in [5, 5.41) is 2.95. The van der Waals surface area contributed by atoms with Crippen molar-refractivity contribution in [3.8, 4) is 0 Å². The van der Waals surface area contributed by atoms with E-state index in [1.54, 1.807) is 18.3 Å². The van der Waals surface area contributed by atoms with E-state index in [1.807, 2.05) is 0 Å². The molecule has 2 atom stereocenters. The van der Waals surface area contributed by atoms with Gasteiger partial charge in [-0.2, -0.15) is 0 Å². The number of carbonyl (C=O) groups excluding carboxylic acids is 1. The van der Waals surface area contributed by atoms with Crippen molar-refractivity contribution in [1.29, 1.82) is 0 Å². The van der Waals surface area contributed by atoms with Crippen LogP contribution in [0, 0.1) is 5.92 Å². The van der Waals surface area contributed by atoms with Gasteiger partial charge in [-0.25, -0.2) is 4.98 Å². The van der Waals surface area contributed by atoms with Crippen LogP contribution in [0.2, 0.25) is 0 Å². The maximum Gasteiger partial charge on any atom is 0.254 e. The first kappa shape index (κ1) is 9.65. The third-order valence-corrected chi connectivity index (χ3v) is 3.06. The highest BCUT2D eigenvalue weighted by Crippen LogP contribution is 2.29. The van der Waals surface area contributed by atoms with E-state index in [-0.39, 0.29) is 5.91 Å². The van der Waals surface area contributed by atoms with Gasteiger partial charge in [-0.3, -0.25) is 4.79 Å². The molecule has 2 unspecified atom stereocenters. The van der Waals surface area contributed by atoms with Crippen molar-refractivity contribution in [2.24, 2.45) is 5.92 Å². The first-order valence-corrected chi connectivity index (χ1v) is 5.39. The van der Waals surface area contributed by atoms with Gasteiger partial charge in [0.2, 0.25) is 0 Å². The summed E-state index contributed by atoms with van der Waals surface area (Å²) in [5.74, 6) is 0.578. The summed E-state index contributed by atoms with van der Waals surface area (Å²) in [5.41, 5.74) is 0.603. The predicted octanol–water partition coefficient (Wildman–Crippen LogP) is 1.98. The number of amides is 1. The van der Waals surface area contributed by atoms with E-state index in [9.17, 15) is 4.79 Å². The van der Waals surface area contributed by atoms with Gasteiger partial charge >= 0.3 is 0 Å². The number of aromatic nitrogens is 1. The van der Waals surface area contributed by atoms with Crippen LogP contribution in [0.1, 0.15) is 23.7 Å². The number of rotatable bonds is 2. The molecule has 0 radical (unpaired) electrons. The molecule has 1 aromatic rings. The zero-order valence-corrected chi connectivity index (χ0v) is 9.41. The summed E-state index contributed by atoms with van der Waals surface area (Å²) in [6, 6.07) is 3.88. The van der Waals surface area contributed by atoms with Crippen LogP contribution >= 0.6 is 15.9 Å². The molecule has 4 heteroatoms. The molecule has 1 fully saturated rings. The lowest BCUT2D eigenvalue weighted by Gasteiger charge is -2.04. The summed E-state index contributed by atoms with van der Waals surface area (Å²) in [7, 11) is 0. The molecule has 0 aromatic carbocycles. The minimum absolute atomic E-state index is 0.0423. The van der Waals surface area contributed by atoms with Crippen LogP contribution in [-0.2, 0) is 0 Å². The molecule has 1 aromatic heterocycles.